The molecule has 0 radical (unpaired) electrons. The molecule has 8 nitrogen and oxygen atoms in total. The summed E-state index contributed by atoms with van der Waals surface area (Å²) in [5.74, 6) is 2.32. The van der Waals surface area contributed by atoms with Gasteiger partial charge in [0, 0.05) is 0 Å². The van der Waals surface area contributed by atoms with Gasteiger partial charge in [0.1, 0.15) is 6.04 Å². The number of nitrogens with zero attached hydrogens (tertiary/aromatic N) is 1. The highest BCUT2D eigenvalue weighted by Gasteiger charge is 2.42. The Hall–Kier alpha value is -2.29. The Balaban J connectivity index is 2.08. The summed E-state index contributed by atoms with van der Waals surface area (Å²) < 4.78 is 0. The summed E-state index contributed by atoms with van der Waals surface area (Å²) in [6.07, 6.45) is 1.06. The van der Waals surface area contributed by atoms with Crippen LogP contribution in [0.1, 0.15) is 40.0 Å². The second kappa shape index (κ2) is 7.12. The van der Waals surface area contributed by atoms with Gasteiger partial charge >= 0.3 is 5.97 Å². The lowest BCUT2D eigenvalue weighted by Gasteiger charge is -2.22. The minimum absolute atomic E-state index is 0.134. The molecule has 0 aromatic heterocycles. The normalized spacial score (nSPS) is 15.0. The maximum absolute atomic E-state index is 12.3. The highest BCUT2D eigenvalue weighted by molar-refractivity contribution is 6.22. The number of rotatable bonds is 8. The lowest BCUT2D eigenvalue weighted by Crippen LogP contribution is -2.44. The molecule has 0 fully saturated rings. The fourth-order valence-electron chi connectivity index (χ4n) is 2.40. The number of carbonyl (C=O) groups excluding carboxylic acids is 2. The molecule has 1 unspecified atom stereocenters. The minimum atomic E-state index is -1.22. The van der Waals surface area contributed by atoms with Crippen LogP contribution in [-0.4, -0.2) is 40.4 Å². The molecule has 1 aliphatic heterocycles. The van der Waals surface area contributed by atoms with Gasteiger partial charge in [0.15, 0.2) is 0 Å². The van der Waals surface area contributed by atoms with Crippen LogP contribution in [0.4, 0.5) is 0 Å². The predicted molar refractivity (Wildman–Crippen MR) is 73.4 cm³/mol. The maximum atomic E-state index is 12.3. The average molecular weight is 308 g/mol. The van der Waals surface area contributed by atoms with Gasteiger partial charge in [0.2, 0.25) is 0 Å². The number of unbranched alkanes of at least 4 members (excludes halogenated alkanes) is 1. The monoisotopic (exact) mass is 308 g/mol. The number of carboxylic acids is 1. The van der Waals surface area contributed by atoms with Crippen molar-refractivity contribution < 1.29 is 29.4 Å². The number of fused-ring (bicyclic) bond motifs is 1. The molecule has 0 bridgehead atoms. The summed E-state index contributed by atoms with van der Waals surface area (Å²) in [7, 11) is 0. The predicted octanol–water partition coefficient (Wildman–Crippen LogP) is 0.728. The van der Waals surface area contributed by atoms with E-state index in [1.165, 1.54) is 12.1 Å². The Morgan fingerprint density at radius 1 is 1.18 bits per heavy atom. The molecular formula is C14H16N2O6. The molecule has 3 N–H and O–H groups in total. The Morgan fingerprint density at radius 3 is 2.27 bits per heavy atom. The molecule has 1 atom stereocenters. The highest BCUT2D eigenvalue weighted by atomic mass is 17.3. The summed E-state index contributed by atoms with van der Waals surface area (Å²) in [6, 6.07) is 5.09. The van der Waals surface area contributed by atoms with E-state index in [4.69, 9.17) is 0 Å². The van der Waals surface area contributed by atoms with E-state index in [9.17, 15) is 19.5 Å². The Morgan fingerprint density at radius 2 is 1.77 bits per heavy atom. The fourth-order valence-corrected chi connectivity index (χ4v) is 2.40. The second-order valence-electron chi connectivity index (χ2n) is 4.79. The van der Waals surface area contributed by atoms with Crippen molar-refractivity contribution in [2.75, 3.05) is 6.61 Å². The number of hydrogen-bond donors (Lipinski definition) is 2. The van der Waals surface area contributed by atoms with Gasteiger partial charge in [0.25, 0.3) is 11.8 Å². The number of amides is 2. The van der Waals surface area contributed by atoms with Crippen LogP contribution in [0.3, 0.4) is 0 Å². The molecule has 0 aliphatic carbocycles. The molecule has 2 amide bonds. The van der Waals surface area contributed by atoms with Crippen molar-refractivity contribution in [3.8, 4) is 0 Å². The standard InChI is InChI=1S/C14H16N2O6/c15-22-21-8-4-3-7-11(14(19)20)16-12(17)9-5-1-2-6-10(9)13(16)18/h1-2,5-6,11H,3-4,7-8,15H2,(H,19,20). The number of benzene rings is 1. The third-order valence-electron chi connectivity index (χ3n) is 3.45. The van der Waals surface area contributed by atoms with Crippen LogP contribution in [0.25, 0.3) is 0 Å². The van der Waals surface area contributed by atoms with Crippen molar-refractivity contribution in [3.63, 3.8) is 0 Å². The zero-order chi connectivity index (χ0) is 16.1. The van der Waals surface area contributed by atoms with Crippen LogP contribution in [0, 0.1) is 0 Å². The van der Waals surface area contributed by atoms with Gasteiger partial charge in [-0.2, -0.15) is 5.90 Å². The van der Waals surface area contributed by atoms with E-state index < -0.39 is 23.8 Å². The number of imide groups is 1. The molecule has 8 heteroatoms. The van der Waals surface area contributed by atoms with Crippen molar-refractivity contribution in [2.24, 2.45) is 5.90 Å². The lowest BCUT2D eigenvalue weighted by atomic mass is 10.1. The van der Waals surface area contributed by atoms with Gasteiger partial charge in [-0.05, 0) is 31.4 Å². The number of carboxylic acid groups (broad SMARTS) is 1. The number of nitrogens with two attached hydrogens (primary N) is 1. The van der Waals surface area contributed by atoms with E-state index in [-0.39, 0.29) is 24.2 Å². The lowest BCUT2D eigenvalue weighted by molar-refractivity contribution is -0.299. The number of aliphatic carboxylic acids is 1. The Kier molecular flexibility index (Phi) is 5.21. The van der Waals surface area contributed by atoms with Crippen LogP contribution >= 0.6 is 0 Å². The van der Waals surface area contributed by atoms with E-state index in [1.54, 1.807) is 12.1 Å². The molecule has 2 rings (SSSR count). The van der Waals surface area contributed by atoms with Crippen LogP contribution in [0.15, 0.2) is 24.3 Å². The van der Waals surface area contributed by atoms with Crippen LogP contribution < -0.4 is 5.90 Å². The summed E-state index contributed by atoms with van der Waals surface area (Å²) in [6.45, 7) is 0.199. The van der Waals surface area contributed by atoms with Gasteiger partial charge in [0.05, 0.1) is 17.7 Å². The van der Waals surface area contributed by atoms with Gasteiger partial charge in [-0.3, -0.25) is 14.5 Å². The van der Waals surface area contributed by atoms with Gasteiger partial charge < -0.3 is 5.11 Å². The van der Waals surface area contributed by atoms with Crippen LogP contribution in [0.2, 0.25) is 0 Å². The summed E-state index contributed by atoms with van der Waals surface area (Å²) in [4.78, 5) is 45.2. The largest absolute Gasteiger partial charge is 0.480 e. The van der Waals surface area contributed by atoms with Crippen molar-refractivity contribution in [3.05, 3.63) is 35.4 Å². The molecule has 1 aliphatic rings. The van der Waals surface area contributed by atoms with Crippen molar-refractivity contribution in [1.29, 1.82) is 0 Å². The number of carbonyl (C=O) groups is 3. The number of hydrogen-bond acceptors (Lipinski definition) is 6. The second-order valence-corrected chi connectivity index (χ2v) is 4.79. The first-order valence-electron chi connectivity index (χ1n) is 6.76. The summed E-state index contributed by atoms with van der Waals surface area (Å²) in [5.41, 5.74) is 0.470. The van der Waals surface area contributed by atoms with Crippen molar-refractivity contribution in [2.45, 2.75) is 25.3 Å². The van der Waals surface area contributed by atoms with Gasteiger partial charge in [-0.15, -0.1) is 4.99 Å². The first kappa shape index (κ1) is 16.1. The smallest absolute Gasteiger partial charge is 0.326 e. The molecule has 0 spiro atoms. The van der Waals surface area contributed by atoms with E-state index in [0.717, 1.165) is 4.90 Å². The molecule has 1 aromatic rings. The summed E-state index contributed by atoms with van der Waals surface area (Å²) >= 11 is 0. The molecule has 0 saturated heterocycles. The maximum Gasteiger partial charge on any atom is 0.326 e. The third kappa shape index (κ3) is 3.14. The SMILES string of the molecule is NOOCCCCC(C(=O)O)N1C(=O)c2ccccc2C1=O. The molecule has 1 aromatic carbocycles. The third-order valence-corrected chi connectivity index (χ3v) is 3.45. The minimum Gasteiger partial charge on any atom is -0.480 e. The zero-order valence-corrected chi connectivity index (χ0v) is 11.7. The highest BCUT2D eigenvalue weighted by Crippen LogP contribution is 2.26. The molecule has 118 valence electrons. The summed E-state index contributed by atoms with van der Waals surface area (Å²) in [5, 5.41) is 9.33. The van der Waals surface area contributed by atoms with Crippen molar-refractivity contribution >= 4 is 17.8 Å². The average Bonchev–Trinajstić information content (AvgIpc) is 2.76. The fraction of sp³-hybridized carbons (Fsp3) is 0.357. The Labute approximate surface area is 126 Å². The van der Waals surface area contributed by atoms with Crippen molar-refractivity contribution in [1.82, 2.24) is 4.90 Å². The quantitative estimate of drug-likeness (QED) is 0.314. The molecular weight excluding hydrogens is 292 g/mol. The molecule has 22 heavy (non-hydrogen) atoms. The van der Waals surface area contributed by atoms with Crippen LogP contribution in [0.5, 0.6) is 0 Å². The van der Waals surface area contributed by atoms with Gasteiger partial charge in [-0.1, -0.05) is 12.1 Å². The zero-order valence-electron chi connectivity index (χ0n) is 11.7. The first-order valence-corrected chi connectivity index (χ1v) is 6.76. The molecule has 0 saturated carbocycles. The Bertz CT molecular complexity index is 553. The van der Waals surface area contributed by atoms with E-state index in [2.05, 4.69) is 15.8 Å². The van der Waals surface area contributed by atoms with E-state index in [1.807, 2.05) is 0 Å². The topological polar surface area (TPSA) is 119 Å². The van der Waals surface area contributed by atoms with Gasteiger partial charge in [-0.25, -0.2) is 9.68 Å². The van der Waals surface area contributed by atoms with E-state index >= 15 is 0 Å². The first-order chi connectivity index (χ1) is 10.6. The van der Waals surface area contributed by atoms with Crippen LogP contribution in [-0.2, 0) is 14.7 Å². The van der Waals surface area contributed by atoms with E-state index in [0.29, 0.717) is 12.8 Å². The molecule has 1 heterocycles.